The van der Waals surface area contributed by atoms with E-state index in [1.807, 2.05) is 61.2 Å². The lowest BCUT2D eigenvalue weighted by Crippen LogP contribution is -2.45. The average molecular weight is 987 g/mol. The van der Waals surface area contributed by atoms with E-state index in [1.54, 1.807) is 52.0 Å². The van der Waals surface area contributed by atoms with Crippen LogP contribution in [0.3, 0.4) is 0 Å². The van der Waals surface area contributed by atoms with E-state index in [-0.39, 0.29) is 16.1 Å². The van der Waals surface area contributed by atoms with Gasteiger partial charge in [0.05, 0.1) is 21.8 Å². The monoisotopic (exact) mass is 985 g/mol. The Labute approximate surface area is 399 Å². The SMILES string of the molecule is CC(C)(CN1CCCCC1)Oc1ccc(-c2cnc3c(-c4ccc(S(N)(=O)=O)c5ccccc45)cnn3c2)cn1.CC(C)(CN1CCCCC1)Oc1ccc(-c2cnc3c(Br)cnn3c2)cn1. The van der Waals surface area contributed by atoms with Crippen molar-refractivity contribution in [1.29, 1.82) is 0 Å². The molecule has 2 aromatic carbocycles. The van der Waals surface area contributed by atoms with Crippen LogP contribution >= 0.6 is 15.9 Å². The number of likely N-dealkylation sites (tertiary alicyclic amines) is 2. The molecule has 17 heteroatoms. The number of pyridine rings is 2. The van der Waals surface area contributed by atoms with Gasteiger partial charge in [-0.25, -0.2) is 42.5 Å². The number of hydrogen-bond donors (Lipinski definition) is 1. The Hall–Kier alpha value is -5.85. The first-order valence-electron chi connectivity index (χ1n) is 22.8. The van der Waals surface area contributed by atoms with Gasteiger partial charge in [-0.05, 0) is 125 Å². The van der Waals surface area contributed by atoms with Crippen molar-refractivity contribution in [3.05, 3.63) is 115 Å². The zero-order chi connectivity index (χ0) is 46.8. The molecule has 8 heterocycles. The molecule has 15 nitrogen and oxygen atoms in total. The summed E-state index contributed by atoms with van der Waals surface area (Å²) in [6.07, 6.45) is 22.3. The van der Waals surface area contributed by atoms with Crippen LogP contribution in [0, 0.1) is 0 Å². The lowest BCUT2D eigenvalue weighted by molar-refractivity contribution is 0.0479. The van der Waals surface area contributed by atoms with E-state index >= 15 is 0 Å². The number of aromatic nitrogens is 8. The van der Waals surface area contributed by atoms with E-state index in [0.29, 0.717) is 22.8 Å². The minimum atomic E-state index is -3.87. The molecule has 0 aliphatic carbocycles. The Kier molecular flexibility index (Phi) is 13.4. The highest BCUT2D eigenvalue weighted by molar-refractivity contribution is 9.10. The summed E-state index contributed by atoms with van der Waals surface area (Å²) in [5.74, 6) is 1.24. The number of fused-ring (bicyclic) bond motifs is 3. The molecule has 348 valence electrons. The number of hydrogen-bond acceptors (Lipinski definition) is 12. The quantitative estimate of drug-likeness (QED) is 0.123. The molecule has 6 aromatic heterocycles. The van der Waals surface area contributed by atoms with Gasteiger partial charge in [0.15, 0.2) is 11.3 Å². The molecule has 0 saturated carbocycles. The van der Waals surface area contributed by atoms with E-state index in [1.165, 1.54) is 44.6 Å². The first-order valence-corrected chi connectivity index (χ1v) is 25.1. The summed E-state index contributed by atoms with van der Waals surface area (Å²) in [4.78, 5) is 23.3. The van der Waals surface area contributed by atoms with Crippen LogP contribution in [0.1, 0.15) is 66.2 Å². The van der Waals surface area contributed by atoms with Crippen LogP contribution in [0.5, 0.6) is 11.8 Å². The van der Waals surface area contributed by atoms with Gasteiger partial charge in [-0.2, -0.15) is 10.2 Å². The first-order chi connectivity index (χ1) is 32.2. The molecule has 2 aliphatic rings. The fraction of sp³-hybridized carbons (Fsp3) is 0.360. The van der Waals surface area contributed by atoms with Crippen molar-refractivity contribution in [2.45, 2.75) is 82.3 Å². The molecule has 67 heavy (non-hydrogen) atoms. The second kappa shape index (κ2) is 19.4. The normalized spacial score (nSPS) is 15.4. The topological polar surface area (TPSA) is 171 Å². The first kappa shape index (κ1) is 46.3. The maximum atomic E-state index is 12.1. The van der Waals surface area contributed by atoms with Gasteiger partial charge in [0, 0.05) is 95.6 Å². The van der Waals surface area contributed by atoms with Crippen molar-refractivity contribution in [2.24, 2.45) is 5.14 Å². The second-order valence-corrected chi connectivity index (χ2v) is 21.0. The van der Waals surface area contributed by atoms with Crippen LogP contribution in [0.4, 0.5) is 0 Å². The Morgan fingerprint density at radius 2 is 1.06 bits per heavy atom. The highest BCUT2D eigenvalue weighted by Crippen LogP contribution is 2.35. The van der Waals surface area contributed by atoms with Gasteiger partial charge < -0.3 is 9.47 Å². The Bertz CT molecular complexity index is 3110. The summed E-state index contributed by atoms with van der Waals surface area (Å²) >= 11 is 3.44. The summed E-state index contributed by atoms with van der Waals surface area (Å²) in [7, 11) is -3.87. The largest absolute Gasteiger partial charge is 0.470 e. The molecule has 8 aromatic rings. The van der Waals surface area contributed by atoms with Crippen LogP contribution in [0.25, 0.3) is 55.4 Å². The van der Waals surface area contributed by atoms with Gasteiger partial charge in [0.1, 0.15) is 11.2 Å². The van der Waals surface area contributed by atoms with Crippen LogP contribution in [-0.4, -0.2) is 108 Å². The third-order valence-corrected chi connectivity index (χ3v) is 13.7. The number of halogens is 1. The molecule has 2 saturated heterocycles. The van der Waals surface area contributed by atoms with Gasteiger partial charge in [-0.15, -0.1) is 0 Å². The number of benzene rings is 2. The van der Waals surface area contributed by atoms with Crippen LogP contribution < -0.4 is 14.6 Å². The lowest BCUT2D eigenvalue weighted by atomic mass is 10.00. The zero-order valence-electron chi connectivity index (χ0n) is 38.3. The number of sulfonamides is 1. The minimum absolute atomic E-state index is 0.0911. The standard InChI is InChI=1S/C30H32N6O3S.C20H24BrN5O/c1-30(2,20-35-14-6-3-7-15-35)39-28-13-10-21(16-32-28)22-17-33-29-26(18-34-36(29)19-22)24-11-12-27(40(31,37)38)25-9-5-4-8-23(24)25;1-20(2,14-25-8-4-3-5-9-25)27-18-7-6-15(10-22-18)16-11-23-19-17(21)12-24-26(19)13-16/h4-5,8-13,16-19H,3,6-7,14-15,20H2,1-2H3,(H2,31,37,38);6-7,10-13H,3-5,8-9,14H2,1-2H3. The smallest absolute Gasteiger partial charge is 0.238 e. The number of nitrogens with two attached hydrogens (primary N) is 1. The Balaban J connectivity index is 0.000000181. The number of rotatable bonds is 12. The summed E-state index contributed by atoms with van der Waals surface area (Å²) in [5, 5.41) is 15.6. The molecule has 10 rings (SSSR count). The fourth-order valence-corrected chi connectivity index (χ4v) is 10.2. The van der Waals surface area contributed by atoms with Gasteiger partial charge in [0.25, 0.3) is 0 Å². The number of piperidine rings is 2. The van der Waals surface area contributed by atoms with Gasteiger partial charge in [-0.1, -0.05) is 43.2 Å². The van der Waals surface area contributed by atoms with Crippen molar-refractivity contribution < 1.29 is 17.9 Å². The molecule has 0 atom stereocenters. The van der Waals surface area contributed by atoms with E-state index in [0.717, 1.165) is 88.2 Å². The van der Waals surface area contributed by atoms with Crippen molar-refractivity contribution >= 4 is 48.0 Å². The number of ether oxygens (including phenoxy) is 2. The fourth-order valence-electron chi connectivity index (χ4n) is 9.13. The third kappa shape index (κ3) is 11.0. The highest BCUT2D eigenvalue weighted by atomic mass is 79.9. The molecule has 0 bridgehead atoms. The number of primary sulfonamides is 1. The van der Waals surface area contributed by atoms with Gasteiger partial charge in [0.2, 0.25) is 21.8 Å². The third-order valence-electron chi connectivity index (χ3n) is 12.2. The van der Waals surface area contributed by atoms with Gasteiger partial charge in [-0.3, -0.25) is 9.80 Å². The average Bonchev–Trinajstić information content (AvgIpc) is 3.91. The minimum Gasteiger partial charge on any atom is -0.470 e. The van der Waals surface area contributed by atoms with Crippen molar-refractivity contribution in [3.63, 3.8) is 0 Å². The summed E-state index contributed by atoms with van der Waals surface area (Å²) in [6, 6.07) is 18.4. The van der Waals surface area contributed by atoms with Crippen LogP contribution in [0.2, 0.25) is 0 Å². The van der Waals surface area contributed by atoms with Crippen molar-refractivity contribution in [1.82, 2.24) is 49.0 Å². The molecule has 0 amide bonds. The molecular weight excluding hydrogens is 931 g/mol. The van der Waals surface area contributed by atoms with E-state index in [4.69, 9.17) is 19.6 Å². The van der Waals surface area contributed by atoms with E-state index in [9.17, 15) is 8.42 Å². The summed E-state index contributed by atoms with van der Waals surface area (Å²) in [5.41, 5.74) is 6.17. The van der Waals surface area contributed by atoms with E-state index in [2.05, 4.69) is 78.6 Å². The van der Waals surface area contributed by atoms with E-state index < -0.39 is 10.0 Å². The second-order valence-electron chi connectivity index (χ2n) is 18.6. The highest BCUT2D eigenvalue weighted by Gasteiger charge is 2.27. The van der Waals surface area contributed by atoms with Crippen molar-refractivity contribution in [2.75, 3.05) is 39.3 Å². The molecule has 2 aliphatic heterocycles. The summed E-state index contributed by atoms with van der Waals surface area (Å²) < 4.78 is 41.1. The Morgan fingerprint density at radius 3 is 1.58 bits per heavy atom. The molecule has 0 spiro atoms. The predicted molar refractivity (Wildman–Crippen MR) is 264 cm³/mol. The molecular formula is C50H56BrN11O4S. The van der Waals surface area contributed by atoms with Crippen LogP contribution in [0.15, 0.2) is 120 Å². The molecule has 2 fully saturated rings. The Morgan fingerprint density at radius 1 is 0.567 bits per heavy atom. The molecule has 0 radical (unpaired) electrons. The lowest BCUT2D eigenvalue weighted by Gasteiger charge is -2.34. The molecule has 2 N–H and O–H groups in total. The van der Waals surface area contributed by atoms with Gasteiger partial charge >= 0.3 is 0 Å². The van der Waals surface area contributed by atoms with Crippen molar-refractivity contribution in [3.8, 4) is 45.1 Å². The predicted octanol–water partition coefficient (Wildman–Crippen LogP) is 9.10. The zero-order valence-corrected chi connectivity index (χ0v) is 40.7. The maximum absolute atomic E-state index is 12.1. The summed E-state index contributed by atoms with van der Waals surface area (Å²) in [6.45, 7) is 14.9. The number of nitrogens with zero attached hydrogens (tertiary/aromatic N) is 10. The maximum Gasteiger partial charge on any atom is 0.238 e. The van der Waals surface area contributed by atoms with Crippen LogP contribution in [-0.2, 0) is 10.0 Å². The molecule has 0 unspecified atom stereocenters.